The van der Waals surface area contributed by atoms with Crippen molar-refractivity contribution in [2.75, 3.05) is 6.54 Å². The number of nitrogens with one attached hydrogen (secondary N) is 1. The summed E-state index contributed by atoms with van der Waals surface area (Å²) in [7, 11) is -3.83. The zero-order chi connectivity index (χ0) is 14.6. The van der Waals surface area contributed by atoms with E-state index in [1.165, 1.54) is 12.1 Å². The van der Waals surface area contributed by atoms with Gasteiger partial charge < -0.3 is 5.32 Å². The van der Waals surface area contributed by atoms with E-state index in [-0.39, 0.29) is 16.4 Å². The lowest BCUT2D eigenvalue weighted by Gasteiger charge is -2.08. The number of hydrogen-bond donors (Lipinski definition) is 2. The van der Waals surface area contributed by atoms with Crippen molar-refractivity contribution in [3.8, 4) is 0 Å². The number of primary sulfonamides is 1. The molecule has 0 unspecified atom stereocenters. The number of rotatable bonds is 5. The summed E-state index contributed by atoms with van der Waals surface area (Å²) < 4.78 is 23.1. The molecule has 0 fully saturated rings. The van der Waals surface area contributed by atoms with Gasteiger partial charge in [-0.3, -0.25) is 4.79 Å². The van der Waals surface area contributed by atoms with Gasteiger partial charge in [-0.2, -0.15) is 0 Å². The molecule has 19 heavy (non-hydrogen) atoms. The van der Waals surface area contributed by atoms with Crippen molar-refractivity contribution < 1.29 is 13.2 Å². The zero-order valence-electron chi connectivity index (χ0n) is 10.8. The smallest absolute Gasteiger partial charge is 0.251 e. The lowest BCUT2D eigenvalue weighted by Crippen LogP contribution is -2.25. The molecule has 0 aliphatic rings. The maximum atomic E-state index is 11.9. The van der Waals surface area contributed by atoms with Crippen molar-refractivity contribution in [1.82, 2.24) is 5.32 Å². The summed E-state index contributed by atoms with van der Waals surface area (Å²) in [6, 6.07) is 4.18. The monoisotopic (exact) mass is 348 g/mol. The van der Waals surface area contributed by atoms with Gasteiger partial charge in [0.15, 0.2) is 0 Å². The molecule has 0 aliphatic carbocycles. The number of sulfonamides is 1. The molecule has 0 bridgehead atoms. The molecule has 5 nitrogen and oxygen atoms in total. The first kappa shape index (κ1) is 16.1. The predicted molar refractivity (Wildman–Crippen MR) is 77.3 cm³/mol. The Morgan fingerprint density at radius 3 is 2.53 bits per heavy atom. The van der Waals surface area contributed by atoms with E-state index >= 15 is 0 Å². The second kappa shape index (κ2) is 6.49. The minimum Gasteiger partial charge on any atom is -0.352 e. The molecule has 106 valence electrons. The Hall–Kier alpha value is -0.920. The molecule has 0 radical (unpaired) electrons. The number of carbonyl (C=O) groups excluding carboxylic acids is 1. The molecular formula is C12H17BrN2O3S. The highest BCUT2D eigenvalue weighted by atomic mass is 79.9. The summed E-state index contributed by atoms with van der Waals surface area (Å²) in [6.07, 6.45) is 0.863. The number of halogens is 1. The topological polar surface area (TPSA) is 89.3 Å². The van der Waals surface area contributed by atoms with Gasteiger partial charge in [0.2, 0.25) is 10.0 Å². The van der Waals surface area contributed by atoms with E-state index in [1.54, 1.807) is 6.07 Å². The van der Waals surface area contributed by atoms with E-state index in [0.29, 0.717) is 16.9 Å². The van der Waals surface area contributed by atoms with Crippen molar-refractivity contribution in [2.45, 2.75) is 25.2 Å². The van der Waals surface area contributed by atoms with Crippen LogP contribution in [-0.2, 0) is 10.0 Å². The van der Waals surface area contributed by atoms with Gasteiger partial charge >= 0.3 is 0 Å². The first-order valence-corrected chi connectivity index (χ1v) is 8.15. The van der Waals surface area contributed by atoms with Gasteiger partial charge in [0.05, 0.1) is 4.90 Å². The lowest BCUT2D eigenvalue weighted by molar-refractivity contribution is 0.0951. The quantitative estimate of drug-likeness (QED) is 0.850. The maximum absolute atomic E-state index is 11.9. The van der Waals surface area contributed by atoms with Crippen LogP contribution in [0, 0.1) is 5.92 Å². The Bertz CT molecular complexity index is 570. The Morgan fingerprint density at radius 2 is 2.00 bits per heavy atom. The third-order valence-electron chi connectivity index (χ3n) is 2.47. The lowest BCUT2D eigenvalue weighted by atomic mass is 10.1. The summed E-state index contributed by atoms with van der Waals surface area (Å²) in [5.41, 5.74) is 0.266. The van der Waals surface area contributed by atoms with Crippen LogP contribution in [-0.4, -0.2) is 20.9 Å². The van der Waals surface area contributed by atoms with Crippen LogP contribution >= 0.6 is 15.9 Å². The number of benzene rings is 1. The van der Waals surface area contributed by atoms with Gasteiger partial charge in [0.1, 0.15) is 0 Å². The minimum atomic E-state index is -3.83. The Labute approximate surface area is 121 Å². The van der Waals surface area contributed by atoms with Gasteiger partial charge in [-0.05, 0) is 30.5 Å². The summed E-state index contributed by atoms with van der Waals surface area (Å²) >= 11 is 3.17. The summed E-state index contributed by atoms with van der Waals surface area (Å²) in [5, 5.41) is 7.79. The molecule has 0 aliphatic heterocycles. The third-order valence-corrected chi connectivity index (χ3v) is 3.82. The highest BCUT2D eigenvalue weighted by Crippen LogP contribution is 2.18. The fourth-order valence-corrected chi connectivity index (χ4v) is 2.66. The van der Waals surface area contributed by atoms with Gasteiger partial charge in [0.25, 0.3) is 5.91 Å². The molecule has 1 aromatic carbocycles. The van der Waals surface area contributed by atoms with Crippen LogP contribution in [0.2, 0.25) is 0 Å². The molecule has 0 saturated carbocycles. The largest absolute Gasteiger partial charge is 0.352 e. The minimum absolute atomic E-state index is 0.0871. The Kier molecular flexibility index (Phi) is 5.51. The SMILES string of the molecule is CC(C)CCNC(=O)c1cc(Br)cc(S(N)(=O)=O)c1. The average Bonchev–Trinajstić information content (AvgIpc) is 2.26. The number of amides is 1. The van der Waals surface area contributed by atoms with E-state index in [9.17, 15) is 13.2 Å². The standard InChI is InChI=1S/C12H17BrN2O3S/c1-8(2)3-4-15-12(16)9-5-10(13)7-11(6-9)19(14,17)18/h5-8H,3-4H2,1-2H3,(H,15,16)(H2,14,17,18). The van der Waals surface area contributed by atoms with E-state index in [2.05, 4.69) is 35.1 Å². The van der Waals surface area contributed by atoms with Crippen LogP contribution in [0.15, 0.2) is 27.6 Å². The summed E-state index contributed by atoms with van der Waals surface area (Å²) in [6.45, 7) is 4.67. The highest BCUT2D eigenvalue weighted by Gasteiger charge is 2.13. The molecule has 0 heterocycles. The van der Waals surface area contributed by atoms with Crippen molar-refractivity contribution in [2.24, 2.45) is 11.1 Å². The molecular weight excluding hydrogens is 332 g/mol. The van der Waals surface area contributed by atoms with Crippen molar-refractivity contribution in [1.29, 1.82) is 0 Å². The van der Waals surface area contributed by atoms with Crippen LogP contribution in [0.4, 0.5) is 0 Å². The summed E-state index contributed by atoms with van der Waals surface area (Å²) in [4.78, 5) is 11.8. The van der Waals surface area contributed by atoms with Crippen LogP contribution < -0.4 is 10.5 Å². The fraction of sp³-hybridized carbons (Fsp3) is 0.417. The Morgan fingerprint density at radius 1 is 1.37 bits per heavy atom. The Balaban J connectivity index is 2.89. The molecule has 0 atom stereocenters. The van der Waals surface area contributed by atoms with Gasteiger partial charge in [-0.25, -0.2) is 13.6 Å². The molecule has 7 heteroatoms. The van der Waals surface area contributed by atoms with Crippen LogP contribution in [0.5, 0.6) is 0 Å². The molecule has 1 rings (SSSR count). The second-order valence-electron chi connectivity index (χ2n) is 4.66. The number of carbonyl (C=O) groups is 1. The molecule has 0 aromatic heterocycles. The average molecular weight is 349 g/mol. The van der Waals surface area contributed by atoms with Crippen molar-refractivity contribution >= 4 is 31.9 Å². The first-order chi connectivity index (χ1) is 8.70. The summed E-state index contributed by atoms with van der Waals surface area (Å²) in [5.74, 6) is 0.176. The third kappa shape index (κ3) is 5.30. The van der Waals surface area contributed by atoms with E-state index in [1.807, 2.05) is 0 Å². The van der Waals surface area contributed by atoms with Crippen LogP contribution in [0.25, 0.3) is 0 Å². The predicted octanol–water partition coefficient (Wildman–Crippen LogP) is 1.87. The second-order valence-corrected chi connectivity index (χ2v) is 7.14. The number of nitrogens with two attached hydrogens (primary N) is 1. The van der Waals surface area contributed by atoms with E-state index in [4.69, 9.17) is 5.14 Å². The molecule has 3 N–H and O–H groups in total. The maximum Gasteiger partial charge on any atom is 0.251 e. The van der Waals surface area contributed by atoms with Gasteiger partial charge in [-0.15, -0.1) is 0 Å². The van der Waals surface area contributed by atoms with Crippen molar-refractivity contribution in [3.05, 3.63) is 28.2 Å². The van der Waals surface area contributed by atoms with Gasteiger partial charge in [0, 0.05) is 16.6 Å². The molecule has 0 saturated heterocycles. The molecule has 1 amide bonds. The molecule has 0 spiro atoms. The normalized spacial score (nSPS) is 11.6. The van der Waals surface area contributed by atoms with E-state index in [0.717, 1.165) is 6.42 Å². The molecule has 1 aromatic rings. The van der Waals surface area contributed by atoms with Crippen molar-refractivity contribution in [3.63, 3.8) is 0 Å². The highest BCUT2D eigenvalue weighted by molar-refractivity contribution is 9.10. The number of hydrogen-bond acceptors (Lipinski definition) is 3. The van der Waals surface area contributed by atoms with Crippen LogP contribution in [0.3, 0.4) is 0 Å². The zero-order valence-corrected chi connectivity index (χ0v) is 13.2. The van der Waals surface area contributed by atoms with E-state index < -0.39 is 10.0 Å². The van der Waals surface area contributed by atoms with Gasteiger partial charge in [-0.1, -0.05) is 29.8 Å². The first-order valence-electron chi connectivity index (χ1n) is 5.81. The van der Waals surface area contributed by atoms with Crippen LogP contribution in [0.1, 0.15) is 30.6 Å². The fourth-order valence-electron chi connectivity index (χ4n) is 1.43.